The molecule has 7 heteroatoms. The molecule has 0 aliphatic heterocycles. The zero-order valence-electron chi connectivity index (χ0n) is 14.0. The molecule has 0 unspecified atom stereocenters. The first-order valence-corrected chi connectivity index (χ1v) is 8.91. The number of hydrogen-bond acceptors (Lipinski definition) is 4. The summed E-state index contributed by atoms with van der Waals surface area (Å²) < 4.78 is 0.960. The molecule has 2 aromatic rings. The maximum Gasteiger partial charge on any atom is 0.274 e. The molecule has 128 valence electrons. The number of hydrogen-bond donors (Lipinski definition) is 0. The van der Waals surface area contributed by atoms with E-state index in [1.165, 1.54) is 6.20 Å². The summed E-state index contributed by atoms with van der Waals surface area (Å²) in [4.78, 5) is 24.9. The summed E-state index contributed by atoms with van der Waals surface area (Å²) >= 11 is 9.66. The Morgan fingerprint density at radius 3 is 2.54 bits per heavy atom. The summed E-state index contributed by atoms with van der Waals surface area (Å²) in [6.07, 6.45) is 1.49. The monoisotopic (exact) mass is 410 g/mol. The van der Waals surface area contributed by atoms with Gasteiger partial charge in [-0.2, -0.15) is 0 Å². The summed E-state index contributed by atoms with van der Waals surface area (Å²) in [5.41, 5.74) is 1.24. The first-order chi connectivity index (χ1) is 11.5. The Bertz CT molecular complexity index is 721. The molecule has 0 radical (unpaired) electrons. The normalized spacial score (nSPS) is 10.5. The third-order valence-corrected chi connectivity index (χ3v) is 4.74. The van der Waals surface area contributed by atoms with Crippen LogP contribution in [0, 0.1) is 0 Å². The summed E-state index contributed by atoms with van der Waals surface area (Å²) in [6.45, 7) is 6.02. The van der Waals surface area contributed by atoms with Gasteiger partial charge >= 0.3 is 0 Å². The van der Waals surface area contributed by atoms with Crippen molar-refractivity contribution >= 4 is 39.4 Å². The van der Waals surface area contributed by atoms with Crippen LogP contribution in [-0.2, 0) is 6.54 Å². The minimum atomic E-state index is -0.230. The number of carbonyl (C=O) groups is 1. The molecule has 2 rings (SSSR count). The molecule has 1 heterocycles. The second-order valence-corrected chi connectivity index (χ2v) is 6.55. The van der Waals surface area contributed by atoms with Crippen molar-refractivity contribution in [2.75, 3.05) is 25.0 Å². The van der Waals surface area contributed by atoms with Gasteiger partial charge in [0.25, 0.3) is 5.91 Å². The van der Waals surface area contributed by atoms with Gasteiger partial charge in [-0.15, -0.1) is 0 Å². The number of carbonyl (C=O) groups excluding carboxylic acids is 1. The molecule has 0 saturated carbocycles. The summed E-state index contributed by atoms with van der Waals surface area (Å²) in [5, 5.41) is 0.259. The van der Waals surface area contributed by atoms with E-state index >= 15 is 0 Å². The van der Waals surface area contributed by atoms with E-state index in [4.69, 9.17) is 11.6 Å². The maximum absolute atomic E-state index is 12.8. The van der Waals surface area contributed by atoms with Gasteiger partial charge in [0.15, 0.2) is 5.69 Å². The van der Waals surface area contributed by atoms with Crippen LogP contribution >= 0.6 is 27.5 Å². The number of rotatable bonds is 6. The predicted octanol–water partition coefficient (Wildman–Crippen LogP) is 4.01. The highest BCUT2D eigenvalue weighted by atomic mass is 79.9. The van der Waals surface area contributed by atoms with Crippen molar-refractivity contribution in [1.29, 1.82) is 0 Å². The molecule has 0 aliphatic rings. The van der Waals surface area contributed by atoms with Crippen LogP contribution in [-0.4, -0.2) is 40.9 Å². The van der Waals surface area contributed by atoms with Crippen molar-refractivity contribution < 1.29 is 4.79 Å². The SMILES string of the molecule is CCN(CC)c1ncc(Cl)c(C(=O)N(C)Cc2ccccc2Br)n1. The Hall–Kier alpha value is -1.66. The fourth-order valence-corrected chi connectivity index (χ4v) is 2.88. The van der Waals surface area contributed by atoms with Crippen LogP contribution in [0.15, 0.2) is 34.9 Å². The first-order valence-electron chi connectivity index (χ1n) is 7.74. The average Bonchev–Trinajstić information content (AvgIpc) is 2.58. The van der Waals surface area contributed by atoms with Crippen molar-refractivity contribution in [2.24, 2.45) is 0 Å². The smallest absolute Gasteiger partial charge is 0.274 e. The van der Waals surface area contributed by atoms with Crippen LogP contribution in [0.5, 0.6) is 0 Å². The topological polar surface area (TPSA) is 49.3 Å². The Balaban J connectivity index is 2.25. The van der Waals surface area contributed by atoms with E-state index in [0.717, 1.165) is 23.1 Å². The van der Waals surface area contributed by atoms with E-state index < -0.39 is 0 Å². The largest absolute Gasteiger partial charge is 0.341 e. The van der Waals surface area contributed by atoms with Crippen molar-refractivity contribution in [1.82, 2.24) is 14.9 Å². The molecule has 0 atom stereocenters. The third kappa shape index (κ3) is 4.24. The summed E-state index contributed by atoms with van der Waals surface area (Å²) in [7, 11) is 1.73. The van der Waals surface area contributed by atoms with E-state index in [0.29, 0.717) is 12.5 Å². The van der Waals surface area contributed by atoms with Crippen LogP contribution in [0.25, 0.3) is 0 Å². The van der Waals surface area contributed by atoms with Gasteiger partial charge < -0.3 is 9.80 Å². The second kappa shape index (κ2) is 8.44. The lowest BCUT2D eigenvalue weighted by Crippen LogP contribution is -2.29. The van der Waals surface area contributed by atoms with Gasteiger partial charge in [0.2, 0.25) is 5.95 Å². The standard InChI is InChI=1S/C17H20BrClN4O/c1-4-23(5-2)17-20-10-14(19)15(21-17)16(24)22(3)11-12-8-6-7-9-13(12)18/h6-10H,4-5,11H2,1-3H3. The van der Waals surface area contributed by atoms with Crippen molar-refractivity contribution in [3.63, 3.8) is 0 Å². The second-order valence-electron chi connectivity index (χ2n) is 5.29. The van der Waals surface area contributed by atoms with Crippen LogP contribution in [0.2, 0.25) is 5.02 Å². The van der Waals surface area contributed by atoms with Gasteiger partial charge in [-0.3, -0.25) is 4.79 Å². The van der Waals surface area contributed by atoms with Gasteiger partial charge in [0, 0.05) is 31.2 Å². The summed E-state index contributed by atoms with van der Waals surface area (Å²) in [5.74, 6) is 0.286. The van der Waals surface area contributed by atoms with Gasteiger partial charge in [-0.25, -0.2) is 9.97 Å². The molecule has 0 bridgehead atoms. The van der Waals surface area contributed by atoms with Crippen molar-refractivity contribution in [2.45, 2.75) is 20.4 Å². The van der Waals surface area contributed by atoms with Crippen LogP contribution in [0.4, 0.5) is 5.95 Å². The number of nitrogens with zero attached hydrogens (tertiary/aromatic N) is 4. The fraction of sp³-hybridized carbons (Fsp3) is 0.353. The Kier molecular flexibility index (Phi) is 6.57. The minimum Gasteiger partial charge on any atom is -0.341 e. The van der Waals surface area contributed by atoms with Crippen molar-refractivity contribution in [3.8, 4) is 0 Å². The van der Waals surface area contributed by atoms with E-state index in [1.54, 1.807) is 11.9 Å². The molecular formula is C17H20BrClN4O. The Morgan fingerprint density at radius 1 is 1.25 bits per heavy atom. The lowest BCUT2D eigenvalue weighted by molar-refractivity contribution is 0.0779. The zero-order valence-corrected chi connectivity index (χ0v) is 16.3. The van der Waals surface area contributed by atoms with E-state index in [9.17, 15) is 4.79 Å². The Labute approximate surface area is 155 Å². The third-order valence-electron chi connectivity index (χ3n) is 3.69. The fourth-order valence-electron chi connectivity index (χ4n) is 2.30. The molecule has 1 amide bonds. The van der Waals surface area contributed by atoms with E-state index in [2.05, 4.69) is 25.9 Å². The van der Waals surface area contributed by atoms with Crippen LogP contribution < -0.4 is 4.90 Å². The molecule has 5 nitrogen and oxygen atoms in total. The molecule has 0 N–H and O–H groups in total. The maximum atomic E-state index is 12.8. The number of halogens is 2. The molecular weight excluding hydrogens is 392 g/mol. The highest BCUT2D eigenvalue weighted by Crippen LogP contribution is 2.21. The van der Waals surface area contributed by atoms with Gasteiger partial charge in [0.05, 0.1) is 11.2 Å². The molecule has 1 aromatic carbocycles. The highest BCUT2D eigenvalue weighted by molar-refractivity contribution is 9.10. The lowest BCUT2D eigenvalue weighted by atomic mass is 10.2. The predicted molar refractivity (Wildman–Crippen MR) is 101 cm³/mol. The van der Waals surface area contributed by atoms with Gasteiger partial charge in [-0.1, -0.05) is 45.7 Å². The quantitative estimate of drug-likeness (QED) is 0.720. The van der Waals surface area contributed by atoms with Crippen LogP contribution in [0.1, 0.15) is 29.9 Å². The van der Waals surface area contributed by atoms with E-state index in [1.807, 2.05) is 43.0 Å². The number of amides is 1. The lowest BCUT2D eigenvalue weighted by Gasteiger charge is -2.21. The first kappa shape index (κ1) is 18.7. The number of benzene rings is 1. The van der Waals surface area contributed by atoms with Crippen molar-refractivity contribution in [3.05, 3.63) is 51.2 Å². The van der Waals surface area contributed by atoms with Gasteiger partial charge in [-0.05, 0) is 25.5 Å². The summed E-state index contributed by atoms with van der Waals surface area (Å²) in [6, 6.07) is 7.79. The minimum absolute atomic E-state index is 0.225. The molecule has 0 fully saturated rings. The molecule has 0 spiro atoms. The number of anilines is 1. The Morgan fingerprint density at radius 2 is 1.92 bits per heavy atom. The molecule has 0 saturated heterocycles. The number of aromatic nitrogens is 2. The van der Waals surface area contributed by atoms with Crippen LogP contribution in [0.3, 0.4) is 0 Å². The highest BCUT2D eigenvalue weighted by Gasteiger charge is 2.20. The van der Waals surface area contributed by atoms with Gasteiger partial charge in [0.1, 0.15) is 0 Å². The zero-order chi connectivity index (χ0) is 17.7. The molecule has 1 aromatic heterocycles. The molecule has 0 aliphatic carbocycles. The van der Waals surface area contributed by atoms with E-state index in [-0.39, 0.29) is 16.6 Å². The molecule has 24 heavy (non-hydrogen) atoms. The average molecular weight is 412 g/mol.